The van der Waals surface area contributed by atoms with Gasteiger partial charge in [-0.25, -0.2) is 0 Å². The number of aliphatic carboxylic acids is 1. The lowest BCUT2D eigenvalue weighted by Crippen LogP contribution is -2.50. The van der Waals surface area contributed by atoms with Gasteiger partial charge in [-0.2, -0.15) is 0 Å². The number of carboxylic acids is 1. The molecule has 3 aromatic rings. The fourth-order valence-corrected chi connectivity index (χ4v) is 4.43. The highest BCUT2D eigenvalue weighted by Gasteiger charge is 2.42. The van der Waals surface area contributed by atoms with Crippen LogP contribution in [-0.2, 0) is 4.79 Å². The lowest BCUT2D eigenvalue weighted by Gasteiger charge is -2.43. The monoisotopic (exact) mass is 403 g/mol. The van der Waals surface area contributed by atoms with Crippen molar-refractivity contribution in [1.29, 1.82) is 0 Å². The summed E-state index contributed by atoms with van der Waals surface area (Å²) in [5, 5.41) is 22.8. The second-order valence-electron chi connectivity index (χ2n) is 8.02. The molecule has 1 aliphatic heterocycles. The molecule has 0 spiro atoms. The van der Waals surface area contributed by atoms with Crippen LogP contribution in [0.1, 0.15) is 41.1 Å². The van der Waals surface area contributed by atoms with Crippen molar-refractivity contribution < 1.29 is 19.8 Å². The Balaban J connectivity index is 1.50. The predicted molar refractivity (Wildman–Crippen MR) is 115 cm³/mol. The van der Waals surface area contributed by atoms with E-state index in [9.17, 15) is 19.8 Å². The molecule has 154 valence electrons. The zero-order valence-electron chi connectivity index (χ0n) is 16.7. The summed E-state index contributed by atoms with van der Waals surface area (Å²) in [5.74, 6) is -1.50. The van der Waals surface area contributed by atoms with Crippen LogP contribution in [0.3, 0.4) is 0 Å². The molecule has 1 atom stereocenters. The Kier molecular flexibility index (Phi) is 5.55. The molecule has 1 saturated heterocycles. The summed E-state index contributed by atoms with van der Waals surface area (Å²) in [5.41, 5.74) is 0.292. The van der Waals surface area contributed by atoms with Crippen LogP contribution in [0.15, 0.2) is 72.8 Å². The summed E-state index contributed by atoms with van der Waals surface area (Å²) in [7, 11) is 0. The number of carbonyl (C=O) groups is 2. The number of rotatable bonds is 5. The van der Waals surface area contributed by atoms with E-state index in [0.29, 0.717) is 31.5 Å². The fourth-order valence-electron chi connectivity index (χ4n) is 4.43. The van der Waals surface area contributed by atoms with Crippen LogP contribution in [0.2, 0.25) is 0 Å². The molecule has 1 heterocycles. The van der Waals surface area contributed by atoms with Crippen LogP contribution < -0.4 is 0 Å². The third-order valence-corrected chi connectivity index (χ3v) is 6.14. The molecule has 0 bridgehead atoms. The quantitative estimate of drug-likeness (QED) is 0.673. The molecule has 30 heavy (non-hydrogen) atoms. The zero-order valence-corrected chi connectivity index (χ0v) is 16.7. The average molecular weight is 403 g/mol. The van der Waals surface area contributed by atoms with Gasteiger partial charge in [-0.15, -0.1) is 0 Å². The van der Waals surface area contributed by atoms with Crippen molar-refractivity contribution in [3.8, 4) is 0 Å². The van der Waals surface area contributed by atoms with E-state index in [2.05, 4.69) is 0 Å². The number of fused-ring (bicyclic) bond motifs is 1. The van der Waals surface area contributed by atoms with Gasteiger partial charge < -0.3 is 15.1 Å². The number of nitrogens with zero attached hydrogens (tertiary/aromatic N) is 1. The molecular formula is C25H25NO4. The highest BCUT2D eigenvalue weighted by molar-refractivity contribution is 5.98. The van der Waals surface area contributed by atoms with Crippen LogP contribution in [0, 0.1) is 0 Å². The maximum absolute atomic E-state index is 13.0. The first-order chi connectivity index (χ1) is 14.5. The molecule has 0 radical (unpaired) electrons. The number of hydrogen-bond donors (Lipinski definition) is 2. The first-order valence-electron chi connectivity index (χ1n) is 10.2. The molecule has 0 aromatic heterocycles. The van der Waals surface area contributed by atoms with E-state index in [1.54, 1.807) is 4.90 Å². The van der Waals surface area contributed by atoms with Crippen molar-refractivity contribution in [3.05, 3.63) is 83.9 Å². The first kappa shape index (κ1) is 20.1. The Morgan fingerprint density at radius 2 is 1.53 bits per heavy atom. The van der Waals surface area contributed by atoms with E-state index in [0.717, 1.165) is 16.3 Å². The van der Waals surface area contributed by atoms with Crippen LogP contribution in [0.25, 0.3) is 10.8 Å². The lowest BCUT2D eigenvalue weighted by molar-refractivity contribution is -0.140. The highest BCUT2D eigenvalue weighted by Crippen LogP contribution is 2.39. The maximum Gasteiger partial charge on any atom is 0.304 e. The van der Waals surface area contributed by atoms with Crippen LogP contribution in [0.5, 0.6) is 0 Å². The number of likely N-dealkylation sites (tertiary alicyclic amines) is 1. The second kappa shape index (κ2) is 8.28. The minimum Gasteiger partial charge on any atom is -0.481 e. The average Bonchev–Trinajstić information content (AvgIpc) is 2.77. The number of benzene rings is 3. The SMILES string of the molecule is O=C(O)CC(c1ccccc1)C1(O)CCN(C(=O)c2ccc3ccccc3c2)CC1. The number of amides is 1. The third kappa shape index (κ3) is 4.07. The Bertz CT molecular complexity index is 1050. The first-order valence-corrected chi connectivity index (χ1v) is 10.2. The van der Waals surface area contributed by atoms with E-state index in [1.165, 1.54) is 0 Å². The molecule has 1 fully saturated rings. The highest BCUT2D eigenvalue weighted by atomic mass is 16.4. The number of carboxylic acid groups (broad SMARTS) is 1. The van der Waals surface area contributed by atoms with E-state index < -0.39 is 17.5 Å². The smallest absolute Gasteiger partial charge is 0.304 e. The van der Waals surface area contributed by atoms with Crippen LogP contribution in [0.4, 0.5) is 0 Å². The molecular weight excluding hydrogens is 378 g/mol. The van der Waals surface area contributed by atoms with Crippen molar-refractivity contribution in [2.45, 2.75) is 30.8 Å². The Labute approximate surface area is 175 Å². The van der Waals surface area contributed by atoms with Crippen LogP contribution in [-0.4, -0.2) is 45.7 Å². The van der Waals surface area contributed by atoms with Crippen molar-refractivity contribution >= 4 is 22.6 Å². The summed E-state index contributed by atoms with van der Waals surface area (Å²) in [6.07, 6.45) is 0.553. The van der Waals surface area contributed by atoms with E-state index in [-0.39, 0.29) is 12.3 Å². The molecule has 1 unspecified atom stereocenters. The summed E-state index contributed by atoms with van der Waals surface area (Å²) < 4.78 is 0. The molecule has 1 aliphatic rings. The predicted octanol–water partition coefficient (Wildman–Crippen LogP) is 4.07. The molecule has 0 saturated carbocycles. The largest absolute Gasteiger partial charge is 0.481 e. The number of hydrogen-bond acceptors (Lipinski definition) is 3. The normalized spacial score (nSPS) is 16.9. The Hall–Kier alpha value is -3.18. The number of aliphatic hydroxyl groups is 1. The van der Waals surface area contributed by atoms with Crippen molar-refractivity contribution in [3.63, 3.8) is 0 Å². The van der Waals surface area contributed by atoms with Gasteiger partial charge in [0.2, 0.25) is 0 Å². The van der Waals surface area contributed by atoms with Gasteiger partial charge in [0.1, 0.15) is 0 Å². The van der Waals surface area contributed by atoms with E-state index in [1.807, 2.05) is 72.8 Å². The van der Waals surface area contributed by atoms with Gasteiger partial charge in [-0.1, -0.05) is 60.7 Å². The minimum absolute atomic E-state index is 0.0581. The minimum atomic E-state index is -1.15. The van der Waals surface area contributed by atoms with Gasteiger partial charge in [0.15, 0.2) is 0 Å². The third-order valence-electron chi connectivity index (χ3n) is 6.14. The molecule has 2 N–H and O–H groups in total. The summed E-state index contributed by atoms with van der Waals surface area (Å²) in [4.78, 5) is 26.2. The lowest BCUT2D eigenvalue weighted by atomic mass is 9.74. The van der Waals surface area contributed by atoms with E-state index in [4.69, 9.17) is 0 Å². The fraction of sp³-hybridized carbons (Fsp3) is 0.280. The summed E-state index contributed by atoms with van der Waals surface area (Å²) >= 11 is 0. The topological polar surface area (TPSA) is 77.8 Å². The second-order valence-corrected chi connectivity index (χ2v) is 8.02. The van der Waals surface area contributed by atoms with Gasteiger partial charge in [0, 0.05) is 24.6 Å². The molecule has 0 aliphatic carbocycles. The van der Waals surface area contributed by atoms with Crippen LogP contribution >= 0.6 is 0 Å². The van der Waals surface area contributed by atoms with Crippen molar-refractivity contribution in [2.75, 3.05) is 13.1 Å². The summed E-state index contributed by atoms with van der Waals surface area (Å²) in [6, 6.07) is 22.9. The van der Waals surface area contributed by atoms with Crippen molar-refractivity contribution in [1.82, 2.24) is 4.90 Å². The Morgan fingerprint density at radius 3 is 2.20 bits per heavy atom. The van der Waals surface area contributed by atoms with Gasteiger partial charge in [-0.3, -0.25) is 9.59 Å². The number of carbonyl (C=O) groups excluding carboxylic acids is 1. The van der Waals surface area contributed by atoms with Gasteiger partial charge in [-0.05, 0) is 41.3 Å². The summed E-state index contributed by atoms with van der Waals surface area (Å²) in [6.45, 7) is 0.788. The maximum atomic E-state index is 13.0. The van der Waals surface area contributed by atoms with Gasteiger partial charge in [0.05, 0.1) is 12.0 Å². The number of piperidine rings is 1. The Morgan fingerprint density at radius 1 is 0.900 bits per heavy atom. The van der Waals surface area contributed by atoms with Gasteiger partial charge in [0.25, 0.3) is 5.91 Å². The standard InChI is InChI=1S/C25H25NO4/c27-23(28)17-22(19-7-2-1-3-8-19)25(30)12-14-26(15-13-25)24(29)21-11-10-18-6-4-5-9-20(18)16-21/h1-11,16,22,30H,12-15,17H2,(H,27,28). The van der Waals surface area contributed by atoms with Crippen molar-refractivity contribution in [2.24, 2.45) is 0 Å². The molecule has 5 nitrogen and oxygen atoms in total. The molecule has 5 heteroatoms. The molecule has 3 aromatic carbocycles. The molecule has 4 rings (SSSR count). The molecule has 1 amide bonds. The van der Waals surface area contributed by atoms with Gasteiger partial charge >= 0.3 is 5.97 Å². The van der Waals surface area contributed by atoms with E-state index >= 15 is 0 Å². The zero-order chi connectivity index (χ0) is 21.1.